The lowest BCUT2D eigenvalue weighted by atomic mass is 10.2. The number of benzene rings is 1. The van der Waals surface area contributed by atoms with Crippen LogP contribution in [-0.2, 0) is 7.05 Å². The van der Waals surface area contributed by atoms with Crippen molar-refractivity contribution in [1.82, 2.24) is 19.7 Å². The number of rotatable bonds is 5. The number of methoxy groups -OCH3 is 1. The van der Waals surface area contributed by atoms with E-state index in [4.69, 9.17) is 10.00 Å². The minimum absolute atomic E-state index is 0.0210. The number of para-hydroxylation sites is 1. The van der Waals surface area contributed by atoms with Crippen LogP contribution in [0, 0.1) is 17.1 Å². The zero-order valence-corrected chi connectivity index (χ0v) is 16.0. The van der Waals surface area contributed by atoms with Crippen LogP contribution in [0.1, 0.15) is 5.69 Å². The number of H-pyrrole nitrogens is 1. The van der Waals surface area contributed by atoms with Gasteiger partial charge in [0.1, 0.15) is 28.8 Å². The first-order valence-corrected chi connectivity index (χ1v) is 8.83. The van der Waals surface area contributed by atoms with Gasteiger partial charge in [0.05, 0.1) is 18.5 Å². The Labute approximate surface area is 169 Å². The van der Waals surface area contributed by atoms with Crippen LogP contribution in [0.15, 0.2) is 47.3 Å². The average Bonchev–Trinajstić information content (AvgIpc) is 3.02. The SMILES string of the molecule is COc1c(F)cccc1Nc1cc(Nc2cccc(C#N)n2)nc2[nH]n(C)c(=O)c12. The van der Waals surface area contributed by atoms with Gasteiger partial charge in [-0.2, -0.15) is 5.26 Å². The molecule has 0 aliphatic carbocycles. The van der Waals surface area contributed by atoms with E-state index in [0.717, 1.165) is 0 Å². The number of aromatic amines is 1. The molecule has 0 amide bonds. The maximum atomic E-state index is 14.1. The molecule has 0 fully saturated rings. The summed E-state index contributed by atoms with van der Waals surface area (Å²) < 4.78 is 20.5. The Morgan fingerprint density at radius 3 is 2.70 bits per heavy atom. The number of nitriles is 1. The number of pyridine rings is 2. The van der Waals surface area contributed by atoms with Crippen LogP contribution in [0.2, 0.25) is 0 Å². The Morgan fingerprint density at radius 1 is 1.13 bits per heavy atom. The second-order valence-corrected chi connectivity index (χ2v) is 6.35. The molecule has 0 bridgehead atoms. The molecule has 3 aromatic heterocycles. The number of aromatic nitrogens is 4. The molecular weight excluding hydrogens is 389 g/mol. The van der Waals surface area contributed by atoms with E-state index in [1.165, 1.54) is 23.9 Å². The zero-order valence-electron chi connectivity index (χ0n) is 16.0. The molecule has 30 heavy (non-hydrogen) atoms. The Hall–Kier alpha value is -4.39. The standard InChI is InChI=1S/C20H16FN7O2/c1-28-20(29)17-14(24-13-7-4-6-12(21)18(13)30-2)9-16(26-19(17)27-28)25-15-8-3-5-11(10-22)23-15/h3-9H,1-2H3,(H3,23,24,25,26,27). The topological polar surface area (TPSA) is 121 Å². The molecule has 9 nitrogen and oxygen atoms in total. The molecule has 4 rings (SSSR count). The molecule has 0 saturated heterocycles. The fourth-order valence-electron chi connectivity index (χ4n) is 3.04. The summed E-state index contributed by atoms with van der Waals surface area (Å²) in [6, 6.07) is 13.0. The van der Waals surface area contributed by atoms with Crippen LogP contribution in [-0.4, -0.2) is 26.9 Å². The number of hydrogen-bond donors (Lipinski definition) is 3. The van der Waals surface area contributed by atoms with Gasteiger partial charge in [-0.05, 0) is 24.3 Å². The Bertz CT molecular complexity index is 1350. The largest absolute Gasteiger partial charge is 0.492 e. The minimum Gasteiger partial charge on any atom is -0.492 e. The molecule has 0 aliphatic rings. The van der Waals surface area contributed by atoms with E-state index in [0.29, 0.717) is 34.0 Å². The van der Waals surface area contributed by atoms with E-state index >= 15 is 0 Å². The summed E-state index contributed by atoms with van der Waals surface area (Å²) in [7, 11) is 2.93. The average molecular weight is 405 g/mol. The summed E-state index contributed by atoms with van der Waals surface area (Å²) in [5.74, 6) is 0.261. The number of nitrogens with one attached hydrogen (secondary N) is 3. The molecule has 0 atom stereocenters. The van der Waals surface area contributed by atoms with Gasteiger partial charge < -0.3 is 15.4 Å². The van der Waals surface area contributed by atoms with Crippen molar-refractivity contribution in [2.45, 2.75) is 0 Å². The van der Waals surface area contributed by atoms with Gasteiger partial charge >= 0.3 is 0 Å². The fraction of sp³-hybridized carbons (Fsp3) is 0.100. The van der Waals surface area contributed by atoms with E-state index in [-0.39, 0.29) is 17.0 Å². The summed E-state index contributed by atoms with van der Waals surface area (Å²) in [5, 5.41) is 18.3. The molecule has 3 N–H and O–H groups in total. The predicted octanol–water partition coefficient (Wildman–Crippen LogP) is 3.16. The highest BCUT2D eigenvalue weighted by atomic mass is 19.1. The third-order valence-corrected chi connectivity index (χ3v) is 4.37. The lowest BCUT2D eigenvalue weighted by molar-refractivity contribution is 0.388. The van der Waals surface area contributed by atoms with Gasteiger partial charge in [-0.25, -0.2) is 14.4 Å². The van der Waals surface area contributed by atoms with Crippen molar-refractivity contribution in [3.63, 3.8) is 0 Å². The molecule has 10 heteroatoms. The van der Waals surface area contributed by atoms with E-state index < -0.39 is 5.82 Å². The van der Waals surface area contributed by atoms with Crippen LogP contribution in [0.5, 0.6) is 5.75 Å². The quantitative estimate of drug-likeness (QED) is 0.466. The third-order valence-electron chi connectivity index (χ3n) is 4.37. The molecule has 0 saturated carbocycles. The second kappa shape index (κ2) is 7.56. The highest BCUT2D eigenvalue weighted by Crippen LogP contribution is 2.33. The predicted molar refractivity (Wildman–Crippen MR) is 110 cm³/mol. The highest BCUT2D eigenvalue weighted by molar-refractivity contribution is 5.93. The normalized spacial score (nSPS) is 10.6. The Morgan fingerprint density at radius 2 is 1.93 bits per heavy atom. The van der Waals surface area contributed by atoms with Gasteiger partial charge in [-0.3, -0.25) is 14.6 Å². The van der Waals surface area contributed by atoms with Crippen molar-refractivity contribution in [2.24, 2.45) is 7.05 Å². The number of nitrogens with zero attached hydrogens (tertiary/aromatic N) is 4. The summed E-state index contributed by atoms with van der Waals surface area (Å²) in [4.78, 5) is 21.2. The van der Waals surface area contributed by atoms with E-state index in [1.807, 2.05) is 6.07 Å². The van der Waals surface area contributed by atoms with Crippen LogP contribution < -0.4 is 20.9 Å². The van der Waals surface area contributed by atoms with Crippen LogP contribution >= 0.6 is 0 Å². The molecule has 0 spiro atoms. The number of fused-ring (bicyclic) bond motifs is 1. The van der Waals surface area contributed by atoms with Gasteiger partial charge in [0.2, 0.25) is 0 Å². The van der Waals surface area contributed by atoms with Gasteiger partial charge in [0.15, 0.2) is 17.2 Å². The Balaban J connectivity index is 1.83. The van der Waals surface area contributed by atoms with Gasteiger partial charge in [-0.15, -0.1) is 0 Å². The van der Waals surface area contributed by atoms with Crippen molar-refractivity contribution in [1.29, 1.82) is 5.26 Å². The number of halogens is 1. The van der Waals surface area contributed by atoms with Crippen molar-refractivity contribution < 1.29 is 9.13 Å². The number of ether oxygens (including phenoxy) is 1. The number of hydrogen-bond acceptors (Lipinski definition) is 7. The van der Waals surface area contributed by atoms with Crippen molar-refractivity contribution in [3.8, 4) is 11.8 Å². The van der Waals surface area contributed by atoms with Crippen molar-refractivity contribution in [2.75, 3.05) is 17.7 Å². The first-order valence-electron chi connectivity index (χ1n) is 8.83. The fourth-order valence-corrected chi connectivity index (χ4v) is 3.04. The molecule has 0 unspecified atom stereocenters. The van der Waals surface area contributed by atoms with Crippen LogP contribution in [0.4, 0.5) is 27.4 Å². The second-order valence-electron chi connectivity index (χ2n) is 6.35. The zero-order chi connectivity index (χ0) is 21.3. The minimum atomic E-state index is -0.536. The first kappa shape index (κ1) is 18.9. The van der Waals surface area contributed by atoms with E-state index in [1.54, 1.807) is 37.4 Å². The van der Waals surface area contributed by atoms with Crippen LogP contribution in [0.25, 0.3) is 11.0 Å². The van der Waals surface area contributed by atoms with E-state index in [9.17, 15) is 9.18 Å². The first-order chi connectivity index (χ1) is 14.5. The summed E-state index contributed by atoms with van der Waals surface area (Å²) in [6.45, 7) is 0. The van der Waals surface area contributed by atoms with Crippen molar-refractivity contribution in [3.05, 3.63) is 64.3 Å². The summed E-state index contributed by atoms with van der Waals surface area (Å²) in [5.41, 5.74) is 1.01. The summed E-state index contributed by atoms with van der Waals surface area (Å²) in [6.07, 6.45) is 0. The summed E-state index contributed by atoms with van der Waals surface area (Å²) >= 11 is 0. The van der Waals surface area contributed by atoms with Gasteiger partial charge in [0.25, 0.3) is 5.56 Å². The Kier molecular flexibility index (Phi) is 4.77. The molecule has 0 aliphatic heterocycles. The highest BCUT2D eigenvalue weighted by Gasteiger charge is 2.16. The monoisotopic (exact) mass is 405 g/mol. The van der Waals surface area contributed by atoms with Crippen molar-refractivity contribution >= 4 is 34.0 Å². The molecule has 3 heterocycles. The van der Waals surface area contributed by atoms with Crippen LogP contribution in [0.3, 0.4) is 0 Å². The molecular formula is C20H16FN7O2. The number of anilines is 4. The lowest BCUT2D eigenvalue weighted by Gasteiger charge is -2.13. The maximum absolute atomic E-state index is 14.1. The molecule has 0 radical (unpaired) electrons. The smallest absolute Gasteiger partial charge is 0.277 e. The maximum Gasteiger partial charge on any atom is 0.277 e. The van der Waals surface area contributed by atoms with E-state index in [2.05, 4.69) is 25.7 Å². The number of aryl methyl sites for hydroxylation is 1. The lowest BCUT2D eigenvalue weighted by Crippen LogP contribution is -2.12. The molecule has 4 aromatic rings. The van der Waals surface area contributed by atoms with Gasteiger partial charge in [-0.1, -0.05) is 12.1 Å². The molecule has 150 valence electrons. The molecule has 1 aromatic carbocycles. The van der Waals surface area contributed by atoms with Gasteiger partial charge in [0, 0.05) is 13.1 Å². The third kappa shape index (κ3) is 3.40.